The molecule has 0 aromatic heterocycles. The second-order valence-electron chi connectivity index (χ2n) is 7.22. The van der Waals surface area contributed by atoms with Crippen molar-refractivity contribution in [2.24, 2.45) is 11.7 Å². The number of carbonyl (C=O) groups excluding carboxylic acids is 1. The van der Waals surface area contributed by atoms with Crippen molar-refractivity contribution in [1.29, 1.82) is 0 Å². The monoisotopic (exact) mass is 341 g/mol. The molecule has 3 N–H and O–H groups in total. The summed E-state index contributed by atoms with van der Waals surface area (Å²) in [5.74, 6) is 2.75. The van der Waals surface area contributed by atoms with Gasteiger partial charge in [0.15, 0.2) is 0 Å². The third-order valence-electron chi connectivity index (χ3n) is 5.88. The number of nitrogens with zero attached hydrogens (tertiary/aromatic N) is 1. The maximum Gasteiger partial charge on any atom is 0.237 e. The topological polar surface area (TPSA) is 67.6 Å². The van der Waals surface area contributed by atoms with Crippen LogP contribution in [0.2, 0.25) is 0 Å². The molecule has 5 nitrogen and oxygen atoms in total. The lowest BCUT2D eigenvalue weighted by Crippen LogP contribution is -2.58. The Morgan fingerprint density at radius 2 is 1.91 bits per heavy atom. The van der Waals surface area contributed by atoms with Crippen LogP contribution in [0.25, 0.3) is 0 Å². The van der Waals surface area contributed by atoms with Crippen molar-refractivity contribution in [3.05, 3.63) is 0 Å². The van der Waals surface area contributed by atoms with Gasteiger partial charge in [-0.25, -0.2) is 0 Å². The van der Waals surface area contributed by atoms with Gasteiger partial charge in [-0.3, -0.25) is 9.69 Å². The van der Waals surface area contributed by atoms with Gasteiger partial charge in [-0.15, -0.1) is 0 Å². The minimum atomic E-state index is -0.380. The van der Waals surface area contributed by atoms with E-state index in [4.69, 9.17) is 10.5 Å². The van der Waals surface area contributed by atoms with Crippen LogP contribution < -0.4 is 11.1 Å². The third-order valence-corrected chi connectivity index (χ3v) is 6.83. The van der Waals surface area contributed by atoms with Crippen LogP contribution in [0.15, 0.2) is 0 Å². The molecule has 1 unspecified atom stereocenters. The molecular weight excluding hydrogens is 310 g/mol. The second-order valence-corrected chi connectivity index (χ2v) is 8.45. The van der Waals surface area contributed by atoms with E-state index in [0.29, 0.717) is 0 Å². The number of carbonyl (C=O) groups is 1. The summed E-state index contributed by atoms with van der Waals surface area (Å²) >= 11 is 2.04. The van der Waals surface area contributed by atoms with E-state index in [1.165, 1.54) is 37.2 Å². The first-order valence-corrected chi connectivity index (χ1v) is 10.3. The van der Waals surface area contributed by atoms with Gasteiger partial charge in [-0.2, -0.15) is 11.8 Å². The highest BCUT2D eigenvalue weighted by molar-refractivity contribution is 7.99. The van der Waals surface area contributed by atoms with Gasteiger partial charge in [0.1, 0.15) is 0 Å². The molecule has 1 amide bonds. The number of nitrogens with two attached hydrogens (primary N) is 1. The zero-order valence-corrected chi connectivity index (χ0v) is 14.9. The second kappa shape index (κ2) is 8.19. The number of hydrogen-bond acceptors (Lipinski definition) is 5. The fourth-order valence-corrected chi connectivity index (χ4v) is 5.24. The molecule has 2 aliphatic heterocycles. The summed E-state index contributed by atoms with van der Waals surface area (Å²) in [6.45, 7) is 4.56. The maximum atomic E-state index is 12.5. The highest BCUT2D eigenvalue weighted by atomic mass is 32.2. The Bertz CT molecular complexity index is 389. The Hall–Kier alpha value is -0.300. The Morgan fingerprint density at radius 1 is 1.26 bits per heavy atom. The average molecular weight is 342 g/mol. The number of nitrogens with one attached hydrogen (secondary N) is 1. The largest absolute Gasteiger partial charge is 0.381 e. The predicted molar refractivity (Wildman–Crippen MR) is 94.6 cm³/mol. The van der Waals surface area contributed by atoms with Crippen LogP contribution in [0.4, 0.5) is 0 Å². The molecule has 132 valence electrons. The van der Waals surface area contributed by atoms with Gasteiger partial charge in [-0.1, -0.05) is 12.8 Å². The summed E-state index contributed by atoms with van der Waals surface area (Å²) in [5, 5.41) is 3.21. The zero-order valence-electron chi connectivity index (χ0n) is 14.1. The van der Waals surface area contributed by atoms with Gasteiger partial charge < -0.3 is 15.8 Å². The molecule has 1 saturated carbocycles. The minimum absolute atomic E-state index is 0.0366. The fraction of sp³-hybridized carbons (Fsp3) is 0.941. The third kappa shape index (κ3) is 4.21. The number of hydrogen-bond donors (Lipinski definition) is 2. The molecule has 3 fully saturated rings. The molecule has 6 heteroatoms. The van der Waals surface area contributed by atoms with Crippen molar-refractivity contribution in [1.82, 2.24) is 10.2 Å². The van der Waals surface area contributed by atoms with E-state index in [1.807, 2.05) is 11.8 Å². The van der Waals surface area contributed by atoms with Gasteiger partial charge >= 0.3 is 0 Å². The quantitative estimate of drug-likeness (QED) is 0.787. The van der Waals surface area contributed by atoms with E-state index in [-0.39, 0.29) is 23.4 Å². The maximum absolute atomic E-state index is 12.5. The Labute approximate surface area is 144 Å². The van der Waals surface area contributed by atoms with Crippen molar-refractivity contribution >= 4 is 17.7 Å². The molecule has 0 radical (unpaired) electrons. The molecule has 0 aromatic rings. The molecule has 0 bridgehead atoms. The minimum Gasteiger partial charge on any atom is -0.381 e. The van der Waals surface area contributed by atoms with Crippen LogP contribution in [0.1, 0.15) is 38.5 Å². The molecule has 2 saturated heterocycles. The highest BCUT2D eigenvalue weighted by Gasteiger charge is 2.40. The predicted octanol–water partition coefficient (Wildman–Crippen LogP) is 1.22. The lowest BCUT2D eigenvalue weighted by molar-refractivity contribution is -0.125. The molecule has 0 aromatic carbocycles. The zero-order chi connectivity index (χ0) is 16.1. The van der Waals surface area contributed by atoms with Crippen molar-refractivity contribution in [2.45, 2.75) is 50.1 Å². The van der Waals surface area contributed by atoms with E-state index in [9.17, 15) is 4.79 Å². The first kappa shape index (κ1) is 17.5. The molecule has 1 atom stereocenters. The summed E-state index contributed by atoms with van der Waals surface area (Å²) in [6, 6.07) is -0.380. The van der Waals surface area contributed by atoms with Crippen molar-refractivity contribution < 1.29 is 9.53 Å². The Balaban J connectivity index is 1.54. The molecule has 3 aliphatic rings. The Kier molecular flexibility index (Phi) is 6.24. The molecule has 23 heavy (non-hydrogen) atoms. The van der Waals surface area contributed by atoms with Crippen LogP contribution in [-0.2, 0) is 9.53 Å². The standard InChI is InChI=1S/C17H31N3O2S/c18-15(14-3-9-22-10-4-14)16(21)19-13-17(5-1-2-6-17)20-7-11-23-12-8-20/h14-15H,1-13,18H2,(H,19,21). The van der Waals surface area contributed by atoms with Crippen molar-refractivity contribution in [2.75, 3.05) is 44.4 Å². The number of thioether (sulfide) groups is 1. The summed E-state index contributed by atoms with van der Waals surface area (Å²) in [4.78, 5) is 15.2. The molecule has 3 rings (SSSR count). The van der Waals surface area contributed by atoms with Crippen LogP contribution in [0, 0.1) is 5.92 Å². The van der Waals surface area contributed by atoms with Gasteiger partial charge in [0.2, 0.25) is 5.91 Å². The van der Waals surface area contributed by atoms with E-state index >= 15 is 0 Å². The van der Waals surface area contributed by atoms with E-state index in [2.05, 4.69) is 10.2 Å². The lowest BCUT2D eigenvalue weighted by Gasteiger charge is -2.43. The van der Waals surface area contributed by atoms with Crippen molar-refractivity contribution in [3.63, 3.8) is 0 Å². The van der Waals surface area contributed by atoms with E-state index in [0.717, 1.165) is 45.7 Å². The summed E-state index contributed by atoms with van der Waals surface area (Å²) in [5.41, 5.74) is 6.40. The van der Waals surface area contributed by atoms with Gasteiger partial charge in [-0.05, 0) is 31.6 Å². The molecule has 0 spiro atoms. The average Bonchev–Trinajstić information content (AvgIpc) is 3.11. The highest BCUT2D eigenvalue weighted by Crippen LogP contribution is 2.36. The lowest BCUT2D eigenvalue weighted by atomic mass is 9.91. The number of amides is 1. The van der Waals surface area contributed by atoms with Gasteiger partial charge in [0, 0.05) is 49.9 Å². The van der Waals surface area contributed by atoms with E-state index < -0.39 is 0 Å². The molecular formula is C17H31N3O2S. The van der Waals surface area contributed by atoms with Crippen molar-refractivity contribution in [3.8, 4) is 0 Å². The summed E-state index contributed by atoms with van der Waals surface area (Å²) in [6.07, 6.45) is 6.80. The van der Waals surface area contributed by atoms with Gasteiger partial charge in [0.05, 0.1) is 6.04 Å². The summed E-state index contributed by atoms with van der Waals surface area (Å²) in [7, 11) is 0. The smallest absolute Gasteiger partial charge is 0.237 e. The number of ether oxygens (including phenoxy) is 1. The van der Waals surface area contributed by atoms with Crippen LogP contribution in [0.3, 0.4) is 0 Å². The van der Waals surface area contributed by atoms with Crippen LogP contribution in [0.5, 0.6) is 0 Å². The molecule has 2 heterocycles. The van der Waals surface area contributed by atoms with Gasteiger partial charge in [0.25, 0.3) is 0 Å². The first-order chi connectivity index (χ1) is 11.2. The first-order valence-electron chi connectivity index (χ1n) is 9.15. The van der Waals surface area contributed by atoms with E-state index in [1.54, 1.807) is 0 Å². The fourth-order valence-electron chi connectivity index (χ4n) is 4.33. The van der Waals surface area contributed by atoms with Crippen LogP contribution in [-0.4, -0.2) is 66.7 Å². The number of rotatable bonds is 5. The van der Waals surface area contributed by atoms with Crippen LogP contribution >= 0.6 is 11.8 Å². The normalized spacial score (nSPS) is 27.7. The Morgan fingerprint density at radius 3 is 2.57 bits per heavy atom. The molecule has 1 aliphatic carbocycles. The summed E-state index contributed by atoms with van der Waals surface area (Å²) < 4.78 is 5.37. The SMILES string of the molecule is NC(C(=O)NCC1(N2CCSCC2)CCCC1)C1CCOCC1.